The zero-order chi connectivity index (χ0) is 24.5. The second kappa shape index (κ2) is 12.6. The van der Waals surface area contributed by atoms with Gasteiger partial charge in [0.15, 0.2) is 0 Å². The summed E-state index contributed by atoms with van der Waals surface area (Å²) in [6.07, 6.45) is 0.325. The number of amides is 2. The summed E-state index contributed by atoms with van der Waals surface area (Å²) >= 11 is 7.31. The summed E-state index contributed by atoms with van der Waals surface area (Å²) in [5.74, 6) is -0.812. The van der Waals surface area contributed by atoms with Gasteiger partial charge < -0.3 is 10.2 Å². The van der Waals surface area contributed by atoms with Gasteiger partial charge in [0.2, 0.25) is 11.8 Å². The zero-order valence-electron chi connectivity index (χ0n) is 19.2. The monoisotopic (exact) mass is 498 g/mol. The van der Waals surface area contributed by atoms with Crippen molar-refractivity contribution >= 4 is 35.2 Å². The number of rotatable bonds is 10. The topological polar surface area (TPSA) is 49.4 Å². The Hall–Kier alpha value is -2.83. The molecular formula is C27H28ClFN2O2S. The second-order valence-electron chi connectivity index (χ2n) is 8.22. The van der Waals surface area contributed by atoms with Crippen LogP contribution in [0.3, 0.4) is 0 Å². The van der Waals surface area contributed by atoms with Crippen LogP contribution in [0.4, 0.5) is 4.39 Å². The summed E-state index contributed by atoms with van der Waals surface area (Å²) < 4.78 is 14.5. The molecule has 0 aliphatic carbocycles. The van der Waals surface area contributed by atoms with Crippen molar-refractivity contribution in [3.05, 3.63) is 101 Å². The standard InChI is InChI=1S/C27H28ClFN2O2S/c1-19(2)30-27(33)25(16-20-8-4-3-5-9-20)31(17-21-10-6-7-11-24(21)29)26(32)18-34-23-14-12-22(28)13-15-23/h3-15,19,25H,16-18H2,1-2H3,(H,30,33). The van der Waals surface area contributed by atoms with E-state index < -0.39 is 11.9 Å². The van der Waals surface area contributed by atoms with Crippen molar-refractivity contribution in [1.82, 2.24) is 10.2 Å². The molecule has 0 aromatic heterocycles. The third-order valence-corrected chi connectivity index (χ3v) is 6.43. The Kier molecular flexibility index (Phi) is 9.54. The van der Waals surface area contributed by atoms with Crippen LogP contribution in [0.2, 0.25) is 5.02 Å². The van der Waals surface area contributed by atoms with Gasteiger partial charge in [0, 0.05) is 34.5 Å². The van der Waals surface area contributed by atoms with Gasteiger partial charge in [0.25, 0.3) is 0 Å². The lowest BCUT2D eigenvalue weighted by Crippen LogP contribution is -2.52. The third kappa shape index (κ3) is 7.61. The first-order valence-electron chi connectivity index (χ1n) is 11.1. The summed E-state index contributed by atoms with van der Waals surface area (Å²) in [5, 5.41) is 3.55. The van der Waals surface area contributed by atoms with Gasteiger partial charge in [-0.05, 0) is 49.7 Å². The maximum Gasteiger partial charge on any atom is 0.243 e. The van der Waals surface area contributed by atoms with E-state index in [1.54, 1.807) is 30.3 Å². The maximum absolute atomic E-state index is 14.5. The lowest BCUT2D eigenvalue weighted by atomic mass is 10.0. The highest BCUT2D eigenvalue weighted by Crippen LogP contribution is 2.23. The van der Waals surface area contributed by atoms with E-state index in [1.807, 2.05) is 56.3 Å². The fourth-order valence-electron chi connectivity index (χ4n) is 3.50. The molecule has 0 saturated carbocycles. The van der Waals surface area contributed by atoms with Crippen molar-refractivity contribution in [3.8, 4) is 0 Å². The van der Waals surface area contributed by atoms with E-state index >= 15 is 0 Å². The van der Waals surface area contributed by atoms with Gasteiger partial charge in [-0.2, -0.15) is 0 Å². The Morgan fingerprint density at radius 2 is 1.62 bits per heavy atom. The predicted molar refractivity (Wildman–Crippen MR) is 136 cm³/mol. The first kappa shape index (κ1) is 25.8. The number of nitrogens with zero attached hydrogens (tertiary/aromatic N) is 1. The Morgan fingerprint density at radius 1 is 0.971 bits per heavy atom. The summed E-state index contributed by atoms with van der Waals surface area (Å²) in [4.78, 5) is 29.1. The molecule has 0 fully saturated rings. The molecular weight excluding hydrogens is 471 g/mol. The van der Waals surface area contributed by atoms with Crippen molar-refractivity contribution in [3.63, 3.8) is 0 Å². The molecule has 0 saturated heterocycles. The van der Waals surface area contributed by atoms with Crippen molar-refractivity contribution in [2.24, 2.45) is 0 Å². The lowest BCUT2D eigenvalue weighted by molar-refractivity contribution is -0.139. The van der Waals surface area contributed by atoms with E-state index in [9.17, 15) is 14.0 Å². The van der Waals surface area contributed by atoms with Crippen LogP contribution in [-0.2, 0) is 22.6 Å². The van der Waals surface area contributed by atoms with E-state index in [0.29, 0.717) is 17.0 Å². The number of benzene rings is 3. The van der Waals surface area contributed by atoms with Crippen LogP contribution in [0.25, 0.3) is 0 Å². The van der Waals surface area contributed by atoms with Gasteiger partial charge in [0.05, 0.1) is 5.75 Å². The zero-order valence-corrected chi connectivity index (χ0v) is 20.8. The molecule has 3 rings (SSSR count). The minimum Gasteiger partial charge on any atom is -0.352 e. The van der Waals surface area contributed by atoms with Crippen molar-refractivity contribution in [2.45, 2.75) is 43.8 Å². The smallest absolute Gasteiger partial charge is 0.243 e. The highest BCUT2D eigenvalue weighted by molar-refractivity contribution is 8.00. The number of thioether (sulfide) groups is 1. The van der Waals surface area contributed by atoms with E-state index in [4.69, 9.17) is 11.6 Å². The molecule has 34 heavy (non-hydrogen) atoms. The summed E-state index contributed by atoms with van der Waals surface area (Å²) in [6, 6.07) is 22.2. The highest BCUT2D eigenvalue weighted by atomic mass is 35.5. The van der Waals surface area contributed by atoms with Crippen molar-refractivity contribution in [2.75, 3.05) is 5.75 Å². The van der Waals surface area contributed by atoms with Crippen LogP contribution in [0.15, 0.2) is 83.8 Å². The summed E-state index contributed by atoms with van der Waals surface area (Å²) in [6.45, 7) is 3.74. The predicted octanol–water partition coefficient (Wildman–Crippen LogP) is 5.74. The van der Waals surface area contributed by atoms with E-state index in [0.717, 1.165) is 10.5 Å². The fourth-order valence-corrected chi connectivity index (χ4v) is 4.41. The number of carbonyl (C=O) groups excluding carboxylic acids is 2. The molecule has 1 N–H and O–H groups in total. The molecule has 0 radical (unpaired) electrons. The minimum absolute atomic E-state index is 0.00427. The lowest BCUT2D eigenvalue weighted by Gasteiger charge is -2.32. The molecule has 7 heteroatoms. The molecule has 2 amide bonds. The normalized spacial score (nSPS) is 11.8. The van der Waals surface area contributed by atoms with Gasteiger partial charge in [-0.25, -0.2) is 4.39 Å². The average molecular weight is 499 g/mol. The molecule has 178 valence electrons. The Labute approximate surface area is 209 Å². The number of hydrogen-bond donors (Lipinski definition) is 1. The van der Waals surface area contributed by atoms with Crippen LogP contribution >= 0.6 is 23.4 Å². The number of nitrogens with one attached hydrogen (secondary N) is 1. The van der Waals surface area contributed by atoms with E-state index in [2.05, 4.69) is 5.32 Å². The molecule has 3 aromatic rings. The van der Waals surface area contributed by atoms with Crippen molar-refractivity contribution in [1.29, 1.82) is 0 Å². The second-order valence-corrected chi connectivity index (χ2v) is 9.71. The van der Waals surface area contributed by atoms with Crippen LogP contribution in [-0.4, -0.2) is 34.6 Å². The molecule has 4 nitrogen and oxygen atoms in total. The van der Waals surface area contributed by atoms with Crippen LogP contribution in [0.1, 0.15) is 25.0 Å². The first-order chi connectivity index (χ1) is 16.3. The van der Waals surface area contributed by atoms with E-state index in [1.165, 1.54) is 22.7 Å². The molecule has 0 spiro atoms. The molecule has 0 aliphatic heterocycles. The Bertz CT molecular complexity index is 1090. The van der Waals surface area contributed by atoms with Gasteiger partial charge in [-0.3, -0.25) is 9.59 Å². The average Bonchev–Trinajstić information content (AvgIpc) is 2.82. The minimum atomic E-state index is -0.789. The maximum atomic E-state index is 14.5. The van der Waals surface area contributed by atoms with Gasteiger partial charge in [-0.15, -0.1) is 11.8 Å². The Balaban J connectivity index is 1.91. The highest BCUT2D eigenvalue weighted by Gasteiger charge is 2.31. The summed E-state index contributed by atoms with van der Waals surface area (Å²) in [7, 11) is 0. The largest absolute Gasteiger partial charge is 0.352 e. The SMILES string of the molecule is CC(C)NC(=O)C(Cc1ccccc1)N(Cc1ccccc1F)C(=O)CSc1ccc(Cl)cc1. The van der Waals surface area contributed by atoms with E-state index in [-0.39, 0.29) is 30.2 Å². The first-order valence-corrected chi connectivity index (χ1v) is 12.5. The quantitative estimate of drug-likeness (QED) is 0.363. The van der Waals surface area contributed by atoms with Crippen molar-refractivity contribution < 1.29 is 14.0 Å². The number of hydrogen-bond acceptors (Lipinski definition) is 3. The molecule has 0 aliphatic rings. The van der Waals surface area contributed by atoms with Crippen LogP contribution in [0.5, 0.6) is 0 Å². The number of halogens is 2. The summed E-state index contributed by atoms with van der Waals surface area (Å²) in [5.41, 5.74) is 1.28. The Morgan fingerprint density at radius 3 is 2.26 bits per heavy atom. The van der Waals surface area contributed by atoms with Gasteiger partial charge in [-0.1, -0.05) is 60.1 Å². The third-order valence-electron chi connectivity index (χ3n) is 5.18. The number of carbonyl (C=O) groups is 2. The molecule has 1 unspecified atom stereocenters. The molecule has 0 bridgehead atoms. The van der Waals surface area contributed by atoms with Crippen LogP contribution < -0.4 is 5.32 Å². The van der Waals surface area contributed by atoms with Crippen LogP contribution in [0, 0.1) is 5.82 Å². The molecule has 0 heterocycles. The molecule has 1 atom stereocenters. The molecule has 3 aromatic carbocycles. The van der Waals surface area contributed by atoms with Gasteiger partial charge >= 0.3 is 0 Å². The van der Waals surface area contributed by atoms with Gasteiger partial charge in [0.1, 0.15) is 11.9 Å². The fraction of sp³-hybridized carbons (Fsp3) is 0.259.